The van der Waals surface area contributed by atoms with Gasteiger partial charge < -0.3 is 14.9 Å². The zero-order chi connectivity index (χ0) is 21.9. The zero-order valence-electron chi connectivity index (χ0n) is 17.4. The van der Waals surface area contributed by atoms with Crippen molar-refractivity contribution in [3.05, 3.63) is 48.1 Å². The largest absolute Gasteiger partial charge is 0.479 e. The third-order valence-corrected chi connectivity index (χ3v) is 6.41. The number of carbonyl (C=O) groups excluding carboxylic acids is 2. The topological polar surface area (TPSA) is 101 Å². The molecule has 0 unspecified atom stereocenters. The maximum absolute atomic E-state index is 12.4. The summed E-state index contributed by atoms with van der Waals surface area (Å²) >= 11 is 0. The van der Waals surface area contributed by atoms with E-state index in [2.05, 4.69) is 0 Å². The number of aliphatic hydroxyl groups is 1. The number of fused-ring (bicyclic) bond motifs is 1. The molecule has 0 spiro atoms. The quantitative estimate of drug-likeness (QED) is 0.306. The molecular weight excluding hydrogens is 372 g/mol. The molecule has 0 aromatic heterocycles. The first-order valence-electron chi connectivity index (χ1n) is 9.84. The van der Waals surface area contributed by atoms with Crippen LogP contribution in [0.2, 0.25) is 0 Å². The van der Waals surface area contributed by atoms with Crippen LogP contribution in [-0.4, -0.2) is 40.1 Å². The number of carboxylic acid groups (broad SMARTS) is 1. The number of carboxylic acids is 1. The number of aldehydes is 1. The molecule has 0 radical (unpaired) electrons. The summed E-state index contributed by atoms with van der Waals surface area (Å²) in [6, 6.07) is 0. The highest BCUT2D eigenvalue weighted by Crippen LogP contribution is 2.61. The van der Waals surface area contributed by atoms with Crippen LogP contribution < -0.4 is 0 Å². The van der Waals surface area contributed by atoms with E-state index in [0.29, 0.717) is 19.1 Å². The Balaban J connectivity index is 2.47. The summed E-state index contributed by atoms with van der Waals surface area (Å²) in [4.78, 5) is 36.2. The molecule has 1 saturated carbocycles. The molecule has 2 aliphatic carbocycles. The monoisotopic (exact) mass is 402 g/mol. The van der Waals surface area contributed by atoms with Crippen molar-refractivity contribution in [2.75, 3.05) is 0 Å². The lowest BCUT2D eigenvalue weighted by Crippen LogP contribution is -2.66. The van der Waals surface area contributed by atoms with Crippen LogP contribution in [0.4, 0.5) is 0 Å². The Kier molecular flexibility index (Phi) is 6.68. The molecule has 0 aliphatic heterocycles. The molecule has 4 atom stereocenters. The van der Waals surface area contributed by atoms with Gasteiger partial charge >= 0.3 is 11.9 Å². The van der Waals surface area contributed by atoms with Crippen LogP contribution in [0.25, 0.3) is 0 Å². The molecule has 0 bridgehead atoms. The van der Waals surface area contributed by atoms with Gasteiger partial charge in [0.1, 0.15) is 12.4 Å². The summed E-state index contributed by atoms with van der Waals surface area (Å²) in [6.07, 6.45) is 12.7. The Morgan fingerprint density at radius 2 is 1.79 bits per heavy atom. The molecule has 29 heavy (non-hydrogen) atoms. The lowest BCUT2D eigenvalue weighted by molar-refractivity contribution is -0.202. The van der Waals surface area contributed by atoms with E-state index >= 15 is 0 Å². The molecule has 2 aliphatic rings. The summed E-state index contributed by atoms with van der Waals surface area (Å²) in [6.45, 7) is 7.52. The summed E-state index contributed by atoms with van der Waals surface area (Å²) < 4.78 is 5.66. The van der Waals surface area contributed by atoms with Gasteiger partial charge in [-0.1, -0.05) is 57.6 Å². The maximum atomic E-state index is 12.4. The predicted octanol–water partition coefficient (Wildman–Crippen LogP) is 3.37. The van der Waals surface area contributed by atoms with Crippen molar-refractivity contribution in [3.63, 3.8) is 0 Å². The van der Waals surface area contributed by atoms with E-state index in [4.69, 9.17) is 4.74 Å². The van der Waals surface area contributed by atoms with Gasteiger partial charge in [0.25, 0.3) is 0 Å². The number of carbonyl (C=O) groups is 3. The molecule has 6 heteroatoms. The van der Waals surface area contributed by atoms with Crippen LogP contribution in [0.3, 0.4) is 0 Å². The zero-order valence-corrected chi connectivity index (χ0v) is 17.4. The first-order valence-corrected chi connectivity index (χ1v) is 9.84. The standard InChI is InChI=1S/C23H30O6/c1-5-6-7-8-9-11-18(25)29-17-14-16(15-24)23(28,20(26)27)22(4)13-10-12-21(2,3)19(17)22/h5-9,11,14-15,17,19,28H,10,12-13H2,1-4H3,(H,26,27)/b6-5+,8-7+,11-9+/t17-,19+,22-,23+/m1/s1. The van der Waals surface area contributed by atoms with Gasteiger partial charge in [0.2, 0.25) is 0 Å². The number of esters is 1. The van der Waals surface area contributed by atoms with Crippen LogP contribution in [0.15, 0.2) is 48.1 Å². The highest BCUT2D eigenvalue weighted by atomic mass is 16.5. The Hall–Kier alpha value is -2.47. The molecule has 0 amide bonds. The van der Waals surface area contributed by atoms with E-state index in [9.17, 15) is 24.6 Å². The number of rotatable bonds is 6. The van der Waals surface area contributed by atoms with Crippen molar-refractivity contribution in [3.8, 4) is 0 Å². The summed E-state index contributed by atoms with van der Waals surface area (Å²) in [7, 11) is 0. The Morgan fingerprint density at radius 1 is 1.14 bits per heavy atom. The second-order valence-corrected chi connectivity index (χ2v) is 8.66. The van der Waals surface area contributed by atoms with E-state index in [1.807, 2.05) is 32.9 Å². The SMILES string of the molecule is C/C=C/C=C/C=C/C(=O)O[C@@H]1C=C(C=O)[C@](O)(C(=O)O)[C@]2(C)CCCC(C)(C)[C@H]12. The predicted molar refractivity (Wildman–Crippen MR) is 109 cm³/mol. The molecule has 0 aromatic rings. The molecule has 2 rings (SSSR count). The van der Waals surface area contributed by atoms with E-state index in [1.54, 1.807) is 25.2 Å². The van der Waals surface area contributed by atoms with Crippen LogP contribution in [0, 0.1) is 16.7 Å². The van der Waals surface area contributed by atoms with Crippen molar-refractivity contribution >= 4 is 18.2 Å². The summed E-state index contributed by atoms with van der Waals surface area (Å²) in [5, 5.41) is 21.0. The second-order valence-electron chi connectivity index (χ2n) is 8.66. The third kappa shape index (κ3) is 3.99. The van der Waals surface area contributed by atoms with E-state index in [1.165, 1.54) is 12.2 Å². The maximum Gasteiger partial charge on any atom is 0.341 e. The van der Waals surface area contributed by atoms with Crippen molar-refractivity contribution in [2.45, 2.75) is 58.7 Å². The third-order valence-electron chi connectivity index (χ3n) is 6.41. The van der Waals surface area contributed by atoms with E-state index < -0.39 is 40.4 Å². The molecule has 1 fully saturated rings. The molecule has 0 heterocycles. The minimum atomic E-state index is -2.33. The molecule has 158 valence electrons. The normalized spacial score (nSPS) is 34.2. The lowest BCUT2D eigenvalue weighted by Gasteiger charge is -2.59. The van der Waals surface area contributed by atoms with Crippen molar-refractivity contribution in [1.29, 1.82) is 0 Å². The van der Waals surface area contributed by atoms with Crippen molar-refractivity contribution in [2.24, 2.45) is 16.7 Å². The molecule has 6 nitrogen and oxygen atoms in total. The first kappa shape index (κ1) is 22.8. The fourth-order valence-electron chi connectivity index (χ4n) is 5.16. The lowest BCUT2D eigenvalue weighted by atomic mass is 9.46. The minimum Gasteiger partial charge on any atom is -0.479 e. The molecule has 2 N–H and O–H groups in total. The summed E-state index contributed by atoms with van der Waals surface area (Å²) in [5.74, 6) is -2.52. The fraction of sp³-hybridized carbons (Fsp3) is 0.522. The number of allylic oxidation sites excluding steroid dienone is 5. The van der Waals surface area contributed by atoms with Crippen LogP contribution in [0.5, 0.6) is 0 Å². The molecule has 0 saturated heterocycles. The summed E-state index contributed by atoms with van der Waals surface area (Å²) in [5.41, 5.74) is -4.16. The van der Waals surface area contributed by atoms with Gasteiger partial charge in [-0.15, -0.1) is 0 Å². The van der Waals surface area contributed by atoms with Crippen molar-refractivity contribution < 1.29 is 29.3 Å². The fourth-order valence-corrected chi connectivity index (χ4v) is 5.16. The van der Waals surface area contributed by atoms with Gasteiger partial charge in [-0.25, -0.2) is 9.59 Å². The van der Waals surface area contributed by atoms with Crippen LogP contribution in [-0.2, 0) is 19.1 Å². The van der Waals surface area contributed by atoms with E-state index in [-0.39, 0.29) is 5.57 Å². The Morgan fingerprint density at radius 3 is 2.38 bits per heavy atom. The van der Waals surface area contributed by atoms with Gasteiger partial charge in [0.15, 0.2) is 5.60 Å². The number of aliphatic carboxylic acids is 1. The average molecular weight is 402 g/mol. The number of hydrogen-bond donors (Lipinski definition) is 2. The van der Waals surface area contributed by atoms with Crippen molar-refractivity contribution in [1.82, 2.24) is 0 Å². The van der Waals surface area contributed by atoms with Gasteiger partial charge in [0.05, 0.1) is 0 Å². The highest BCUT2D eigenvalue weighted by molar-refractivity contribution is 5.94. The smallest absolute Gasteiger partial charge is 0.341 e. The van der Waals surface area contributed by atoms with Crippen LogP contribution in [0.1, 0.15) is 47.0 Å². The molecular formula is C23H30O6. The van der Waals surface area contributed by atoms with Gasteiger partial charge in [0, 0.05) is 23.0 Å². The number of ether oxygens (including phenoxy) is 1. The Labute approximate surface area is 171 Å². The van der Waals surface area contributed by atoms with Gasteiger partial charge in [-0.2, -0.15) is 0 Å². The van der Waals surface area contributed by atoms with Gasteiger partial charge in [-0.3, -0.25) is 4.79 Å². The highest BCUT2D eigenvalue weighted by Gasteiger charge is 2.67. The number of hydrogen-bond acceptors (Lipinski definition) is 5. The second kappa shape index (κ2) is 8.49. The Bertz CT molecular complexity index is 787. The van der Waals surface area contributed by atoms with Crippen LogP contribution >= 0.6 is 0 Å². The average Bonchev–Trinajstić information content (AvgIpc) is 2.63. The van der Waals surface area contributed by atoms with E-state index in [0.717, 1.165) is 6.42 Å². The van der Waals surface area contributed by atoms with Gasteiger partial charge in [-0.05, 0) is 31.3 Å². The molecule has 0 aromatic carbocycles. The minimum absolute atomic E-state index is 0.267. The first-order chi connectivity index (χ1) is 13.5.